The number of methoxy groups -OCH3 is 2. The Labute approximate surface area is 387 Å². The van der Waals surface area contributed by atoms with Gasteiger partial charge in [-0.1, -0.05) is 41.2 Å². The Hall–Kier alpha value is -4.55. The number of nitrogens with zero attached hydrogens (tertiary/aromatic N) is 6. The second-order valence-electron chi connectivity index (χ2n) is 17.6. The predicted molar refractivity (Wildman–Crippen MR) is 255 cm³/mol. The minimum absolute atomic E-state index is 0. The molecule has 0 aliphatic carbocycles. The first-order chi connectivity index (χ1) is 30.2. The van der Waals surface area contributed by atoms with Crippen molar-refractivity contribution in [2.45, 2.75) is 98.6 Å². The van der Waals surface area contributed by atoms with Crippen LogP contribution in [0.4, 0.5) is 4.79 Å². The number of hydrogen-bond donors (Lipinski definition) is 2. The van der Waals surface area contributed by atoms with Gasteiger partial charge in [0.1, 0.15) is 11.3 Å². The molecule has 2 aliphatic rings. The van der Waals surface area contributed by atoms with Crippen LogP contribution in [0.3, 0.4) is 0 Å². The Balaban J connectivity index is 0.00000771. The summed E-state index contributed by atoms with van der Waals surface area (Å²) >= 11 is 2.64. The molecular formula is C47H68N8O7S2. The molecule has 0 spiro atoms. The minimum Gasteiger partial charge on any atom is -0.467 e. The van der Waals surface area contributed by atoms with E-state index in [0.29, 0.717) is 63.1 Å². The second kappa shape index (κ2) is 22.6. The number of nitrogens with one attached hydrogen (secondary N) is 2. The molecule has 2 saturated heterocycles. The number of thiazole rings is 1. The highest BCUT2D eigenvalue weighted by Crippen LogP contribution is 2.42. The van der Waals surface area contributed by atoms with E-state index in [1.807, 2.05) is 32.2 Å². The lowest BCUT2D eigenvalue weighted by molar-refractivity contribution is -0.140. The van der Waals surface area contributed by atoms with Crippen molar-refractivity contribution in [2.75, 3.05) is 60.7 Å². The number of aromatic nitrogens is 3. The maximum absolute atomic E-state index is 14.2. The summed E-state index contributed by atoms with van der Waals surface area (Å²) in [5, 5.41) is 7.85. The first-order valence-electron chi connectivity index (χ1n) is 21.9. The Bertz CT molecular complexity index is 2220. The standard InChI is InChI=1S/C46H64N8O7S2.CH4/c1-10-53-38-16-15-32(20-34(38)35(22-46(5,6)27-61-28-55)41(53)33-14-13-17-47-40(33)30(4)60-9)37-26-62-39(49-37)21-36(44(57)54-19-12-11-18-48-54)50-43(56)42(29(2)3)63-51(7)45(58)52-23-31(24-52)25-59-8;/h13-17,20,26,28-31,36,42,48H,10-12,18-19,21-25,27H2,1-9H3,(H,50,56);1H4. The molecule has 6 rings (SSSR count). The van der Waals surface area contributed by atoms with Gasteiger partial charge in [-0.15, -0.1) is 11.3 Å². The number of ether oxygens (including phenoxy) is 3. The highest BCUT2D eigenvalue weighted by Gasteiger charge is 2.37. The molecule has 64 heavy (non-hydrogen) atoms. The zero-order valence-electron chi connectivity index (χ0n) is 38.1. The van der Waals surface area contributed by atoms with Crippen LogP contribution in [0.2, 0.25) is 0 Å². The van der Waals surface area contributed by atoms with Crippen molar-refractivity contribution >= 4 is 58.5 Å². The molecule has 1 aromatic carbocycles. The number of carbonyl (C=O) groups is 4. The monoisotopic (exact) mass is 920 g/mol. The number of hydrogen-bond acceptors (Lipinski definition) is 12. The molecule has 3 atom stereocenters. The van der Waals surface area contributed by atoms with Gasteiger partial charge < -0.3 is 29.0 Å². The molecule has 3 unspecified atom stereocenters. The van der Waals surface area contributed by atoms with E-state index in [9.17, 15) is 19.2 Å². The largest absolute Gasteiger partial charge is 0.467 e. The van der Waals surface area contributed by atoms with E-state index >= 15 is 0 Å². The van der Waals surface area contributed by atoms with Crippen LogP contribution in [0.5, 0.6) is 0 Å². The van der Waals surface area contributed by atoms with Crippen molar-refractivity contribution < 1.29 is 33.4 Å². The van der Waals surface area contributed by atoms with Crippen LogP contribution >= 0.6 is 23.3 Å². The highest BCUT2D eigenvalue weighted by atomic mass is 32.2. The lowest BCUT2D eigenvalue weighted by atomic mass is 9.84. The molecular weight excluding hydrogens is 853 g/mol. The molecule has 4 aromatic rings. The number of pyridine rings is 1. The average Bonchev–Trinajstić information content (AvgIpc) is 3.86. The first-order valence-corrected chi connectivity index (χ1v) is 23.6. The summed E-state index contributed by atoms with van der Waals surface area (Å²) in [5.74, 6) is -0.351. The Kier molecular flexibility index (Phi) is 17.8. The summed E-state index contributed by atoms with van der Waals surface area (Å²) in [6.45, 7) is 16.7. The van der Waals surface area contributed by atoms with Gasteiger partial charge in [0.15, 0.2) is 0 Å². The maximum atomic E-state index is 14.2. The van der Waals surface area contributed by atoms with Crippen LogP contribution in [-0.2, 0) is 48.0 Å². The maximum Gasteiger partial charge on any atom is 0.329 e. The predicted octanol–water partition coefficient (Wildman–Crippen LogP) is 7.39. The summed E-state index contributed by atoms with van der Waals surface area (Å²) in [7, 11) is 5.03. The third-order valence-corrected chi connectivity index (χ3v) is 14.1. The van der Waals surface area contributed by atoms with Gasteiger partial charge in [0.05, 0.1) is 41.4 Å². The summed E-state index contributed by atoms with van der Waals surface area (Å²) in [4.78, 5) is 64.5. The van der Waals surface area contributed by atoms with Crippen molar-refractivity contribution in [1.29, 1.82) is 0 Å². The van der Waals surface area contributed by atoms with Gasteiger partial charge in [-0.3, -0.25) is 28.7 Å². The van der Waals surface area contributed by atoms with Crippen LogP contribution in [0, 0.1) is 17.3 Å². The Morgan fingerprint density at radius 2 is 1.91 bits per heavy atom. The van der Waals surface area contributed by atoms with E-state index in [2.05, 4.69) is 60.3 Å². The third kappa shape index (κ3) is 11.6. The molecule has 2 aliphatic heterocycles. The number of benzene rings is 1. The summed E-state index contributed by atoms with van der Waals surface area (Å²) < 4.78 is 20.2. The zero-order valence-corrected chi connectivity index (χ0v) is 39.8. The quantitative estimate of drug-likeness (QED) is 0.0673. The average molecular weight is 921 g/mol. The number of carbonyl (C=O) groups excluding carboxylic acids is 4. The Morgan fingerprint density at radius 3 is 2.56 bits per heavy atom. The topological polar surface area (TPSA) is 160 Å². The van der Waals surface area contributed by atoms with Crippen LogP contribution in [0.15, 0.2) is 41.9 Å². The van der Waals surface area contributed by atoms with Gasteiger partial charge in [-0.05, 0) is 80.8 Å². The number of urea groups is 1. The molecule has 0 radical (unpaired) electrons. The van der Waals surface area contributed by atoms with Gasteiger partial charge in [-0.2, -0.15) is 0 Å². The molecule has 2 N–H and O–H groups in total. The van der Waals surface area contributed by atoms with Crippen LogP contribution in [0.1, 0.15) is 84.2 Å². The van der Waals surface area contributed by atoms with E-state index in [0.717, 1.165) is 57.5 Å². The molecule has 0 bridgehead atoms. The molecule has 17 heteroatoms. The van der Waals surface area contributed by atoms with Gasteiger partial charge in [-0.25, -0.2) is 15.2 Å². The molecule has 5 heterocycles. The molecule has 0 saturated carbocycles. The van der Waals surface area contributed by atoms with Crippen LogP contribution in [0.25, 0.3) is 33.4 Å². The number of amides is 4. The number of likely N-dealkylation sites (tertiary alicyclic amines) is 1. The van der Waals surface area contributed by atoms with E-state index in [4.69, 9.17) is 24.2 Å². The number of hydrazine groups is 1. The lowest BCUT2D eigenvalue weighted by Crippen LogP contribution is -2.57. The normalized spacial score (nSPS) is 15.9. The van der Waals surface area contributed by atoms with Crippen molar-refractivity contribution in [2.24, 2.45) is 17.3 Å². The van der Waals surface area contributed by atoms with Crippen molar-refractivity contribution in [3.8, 4) is 22.5 Å². The SMILES string of the molecule is C.CCn1c(-c2cccnc2C(C)OC)c(CC(C)(C)COC=O)c2cc(-c3csc(CC(NC(=O)C(SN(C)C(=O)N4CC(COC)C4)C(C)C)C(=O)N4CCCCN4)n3)ccc21. The fourth-order valence-electron chi connectivity index (χ4n) is 8.43. The van der Waals surface area contributed by atoms with E-state index in [1.165, 1.54) is 27.6 Å². The summed E-state index contributed by atoms with van der Waals surface area (Å²) in [6.07, 6.45) is 4.17. The molecule has 2 fully saturated rings. The van der Waals surface area contributed by atoms with Crippen LogP contribution in [-0.4, -0.2) is 125 Å². The van der Waals surface area contributed by atoms with Gasteiger partial charge in [0.25, 0.3) is 12.4 Å². The third-order valence-electron chi connectivity index (χ3n) is 11.8. The molecule has 15 nitrogen and oxygen atoms in total. The van der Waals surface area contributed by atoms with E-state index in [-0.39, 0.29) is 50.3 Å². The number of fused-ring (bicyclic) bond motifs is 1. The highest BCUT2D eigenvalue weighted by molar-refractivity contribution is 7.98. The molecule has 3 aromatic heterocycles. The zero-order chi connectivity index (χ0) is 45.4. The van der Waals surface area contributed by atoms with Crippen LogP contribution < -0.4 is 10.7 Å². The van der Waals surface area contributed by atoms with Crippen molar-refractivity contribution in [1.82, 2.24) is 39.5 Å². The van der Waals surface area contributed by atoms with Gasteiger partial charge >= 0.3 is 6.03 Å². The smallest absolute Gasteiger partial charge is 0.329 e. The summed E-state index contributed by atoms with van der Waals surface area (Å²) in [5.41, 5.74) is 9.52. The minimum atomic E-state index is -0.885. The lowest BCUT2D eigenvalue weighted by Gasteiger charge is -2.41. The van der Waals surface area contributed by atoms with Crippen molar-refractivity contribution in [3.05, 3.63) is 58.2 Å². The fourth-order valence-corrected chi connectivity index (χ4v) is 10.2. The first kappa shape index (κ1) is 50.4. The number of rotatable bonds is 20. The van der Waals surface area contributed by atoms with Gasteiger partial charge in [0.2, 0.25) is 5.91 Å². The second-order valence-corrected chi connectivity index (χ2v) is 19.8. The fraction of sp³-hybridized carbons (Fsp3) is 0.574. The van der Waals surface area contributed by atoms with Gasteiger partial charge in [0, 0.05) is 105 Å². The Morgan fingerprint density at radius 1 is 1.14 bits per heavy atom. The summed E-state index contributed by atoms with van der Waals surface area (Å²) in [6, 6.07) is 9.37. The van der Waals surface area contributed by atoms with E-state index < -0.39 is 16.7 Å². The molecule has 350 valence electrons. The molecule has 4 amide bonds. The number of aryl methyl sites for hydroxylation is 1. The van der Waals surface area contributed by atoms with E-state index in [1.54, 1.807) is 37.4 Å². The van der Waals surface area contributed by atoms with Crippen molar-refractivity contribution in [3.63, 3.8) is 0 Å².